The topological polar surface area (TPSA) is 100 Å². The fraction of sp³-hybridized carbons (Fsp3) is 0.250. The highest BCUT2D eigenvalue weighted by Gasteiger charge is 2.23. The maximum atomic E-state index is 12.7. The summed E-state index contributed by atoms with van der Waals surface area (Å²) in [6, 6.07) is 7.14. The van der Waals surface area contributed by atoms with Crippen molar-refractivity contribution in [3.8, 4) is 23.0 Å². The zero-order valence-electron chi connectivity index (χ0n) is 16.2. The van der Waals surface area contributed by atoms with Crippen LogP contribution < -0.4 is 24.3 Å². The Morgan fingerprint density at radius 2 is 1.25 bits per heavy atom. The molecule has 28 heavy (non-hydrogen) atoms. The van der Waals surface area contributed by atoms with E-state index in [9.17, 15) is 14.4 Å². The van der Waals surface area contributed by atoms with Crippen LogP contribution >= 0.6 is 0 Å². The van der Waals surface area contributed by atoms with Crippen LogP contribution in [0.4, 0.5) is 5.69 Å². The fourth-order valence-corrected chi connectivity index (χ4v) is 2.61. The average Bonchev–Trinajstić information content (AvgIpc) is 2.70. The number of carbonyl (C=O) groups excluding carboxylic acids is 3. The standard InChI is InChI=1S/C20H21NO7/c1-11(22)21-14-8-12(6-7-15(14)25-2)18(23)19(24)13-9-16(26-3)20(28-5)17(10-13)27-4/h6-10H,1-5H3,(H,21,22). The summed E-state index contributed by atoms with van der Waals surface area (Å²) in [5.74, 6) is -0.669. The van der Waals surface area contributed by atoms with E-state index in [0.717, 1.165) is 0 Å². The largest absolute Gasteiger partial charge is 0.495 e. The number of nitrogens with one attached hydrogen (secondary N) is 1. The first kappa shape index (κ1) is 20.8. The van der Waals surface area contributed by atoms with Crippen LogP contribution in [0.3, 0.4) is 0 Å². The third-order valence-electron chi connectivity index (χ3n) is 3.91. The third-order valence-corrected chi connectivity index (χ3v) is 3.91. The predicted octanol–water partition coefficient (Wildman–Crippen LogP) is 2.75. The van der Waals surface area contributed by atoms with Gasteiger partial charge in [0, 0.05) is 18.1 Å². The Bertz CT molecular complexity index is 896. The predicted molar refractivity (Wildman–Crippen MR) is 102 cm³/mol. The molecule has 0 bridgehead atoms. The Labute approximate surface area is 162 Å². The summed E-state index contributed by atoms with van der Waals surface area (Å²) >= 11 is 0. The second kappa shape index (κ2) is 8.90. The molecule has 1 N–H and O–H groups in total. The number of anilines is 1. The number of hydrogen-bond acceptors (Lipinski definition) is 7. The van der Waals surface area contributed by atoms with Gasteiger partial charge in [-0.15, -0.1) is 0 Å². The first-order chi connectivity index (χ1) is 13.4. The number of amides is 1. The molecule has 1 amide bonds. The average molecular weight is 387 g/mol. The minimum atomic E-state index is -0.766. The van der Waals surface area contributed by atoms with Crippen molar-refractivity contribution in [3.05, 3.63) is 41.5 Å². The van der Waals surface area contributed by atoms with E-state index < -0.39 is 11.6 Å². The Morgan fingerprint density at radius 3 is 1.71 bits per heavy atom. The van der Waals surface area contributed by atoms with Crippen molar-refractivity contribution in [3.63, 3.8) is 0 Å². The summed E-state index contributed by atoms with van der Waals surface area (Å²) in [6.07, 6.45) is 0. The van der Waals surface area contributed by atoms with E-state index in [1.165, 1.54) is 65.7 Å². The lowest BCUT2D eigenvalue weighted by Crippen LogP contribution is -2.16. The molecule has 8 nitrogen and oxygen atoms in total. The van der Waals surface area contributed by atoms with Crippen molar-refractivity contribution in [1.29, 1.82) is 0 Å². The van der Waals surface area contributed by atoms with Crippen LogP contribution in [-0.2, 0) is 4.79 Å². The van der Waals surface area contributed by atoms with Crippen molar-refractivity contribution in [2.24, 2.45) is 0 Å². The number of ether oxygens (including phenoxy) is 4. The summed E-state index contributed by atoms with van der Waals surface area (Å²) in [5.41, 5.74) is 0.471. The summed E-state index contributed by atoms with van der Waals surface area (Å²) in [4.78, 5) is 36.8. The lowest BCUT2D eigenvalue weighted by atomic mass is 10.00. The third kappa shape index (κ3) is 4.22. The highest BCUT2D eigenvalue weighted by molar-refractivity contribution is 6.49. The van der Waals surface area contributed by atoms with E-state index in [0.29, 0.717) is 17.2 Å². The molecule has 2 rings (SSSR count). The van der Waals surface area contributed by atoms with E-state index in [2.05, 4.69) is 5.32 Å². The first-order valence-electron chi connectivity index (χ1n) is 8.20. The molecule has 2 aromatic rings. The van der Waals surface area contributed by atoms with E-state index in [4.69, 9.17) is 18.9 Å². The van der Waals surface area contributed by atoms with Gasteiger partial charge in [-0.25, -0.2) is 0 Å². The van der Waals surface area contributed by atoms with E-state index in [-0.39, 0.29) is 28.5 Å². The Morgan fingerprint density at radius 1 is 0.714 bits per heavy atom. The van der Waals surface area contributed by atoms with Gasteiger partial charge in [-0.2, -0.15) is 0 Å². The minimum absolute atomic E-state index is 0.0800. The summed E-state index contributed by atoms with van der Waals surface area (Å²) in [7, 11) is 5.70. The normalized spacial score (nSPS) is 10.0. The van der Waals surface area contributed by atoms with Crippen molar-refractivity contribution >= 4 is 23.2 Å². The SMILES string of the molecule is COc1ccc(C(=O)C(=O)c2cc(OC)c(OC)c(OC)c2)cc1NC(C)=O. The highest BCUT2D eigenvalue weighted by atomic mass is 16.5. The van der Waals surface area contributed by atoms with Crippen LogP contribution in [0.5, 0.6) is 23.0 Å². The molecule has 148 valence electrons. The molecule has 0 aromatic heterocycles. The molecule has 0 spiro atoms. The van der Waals surface area contributed by atoms with Crippen LogP contribution in [0.25, 0.3) is 0 Å². The maximum absolute atomic E-state index is 12.7. The van der Waals surface area contributed by atoms with Gasteiger partial charge in [-0.3, -0.25) is 14.4 Å². The van der Waals surface area contributed by atoms with Gasteiger partial charge in [0.15, 0.2) is 11.5 Å². The molecular weight excluding hydrogens is 366 g/mol. The van der Waals surface area contributed by atoms with Gasteiger partial charge >= 0.3 is 0 Å². The number of ketones is 2. The van der Waals surface area contributed by atoms with E-state index in [1.54, 1.807) is 0 Å². The van der Waals surface area contributed by atoms with E-state index >= 15 is 0 Å². The molecule has 0 radical (unpaired) electrons. The second-order valence-corrected chi connectivity index (χ2v) is 5.67. The molecule has 0 aliphatic heterocycles. The molecule has 2 aromatic carbocycles. The van der Waals surface area contributed by atoms with Gasteiger partial charge < -0.3 is 24.3 Å². The van der Waals surface area contributed by atoms with Crippen LogP contribution in [0.1, 0.15) is 27.6 Å². The van der Waals surface area contributed by atoms with Crippen molar-refractivity contribution < 1.29 is 33.3 Å². The molecule has 0 saturated carbocycles. The van der Waals surface area contributed by atoms with Gasteiger partial charge in [-0.05, 0) is 30.3 Å². The van der Waals surface area contributed by atoms with Gasteiger partial charge in [0.1, 0.15) is 5.75 Å². The lowest BCUT2D eigenvalue weighted by molar-refractivity contribution is -0.114. The lowest BCUT2D eigenvalue weighted by Gasteiger charge is -2.14. The zero-order chi connectivity index (χ0) is 20.8. The zero-order valence-corrected chi connectivity index (χ0v) is 16.2. The number of methoxy groups -OCH3 is 4. The van der Waals surface area contributed by atoms with Crippen LogP contribution in [-0.4, -0.2) is 45.9 Å². The van der Waals surface area contributed by atoms with Crippen molar-refractivity contribution in [2.45, 2.75) is 6.92 Å². The quantitative estimate of drug-likeness (QED) is 0.549. The number of hydrogen-bond donors (Lipinski definition) is 1. The summed E-state index contributed by atoms with van der Waals surface area (Å²) in [5, 5.41) is 2.57. The van der Waals surface area contributed by atoms with Crippen LogP contribution in [0.2, 0.25) is 0 Å². The Hall–Kier alpha value is -3.55. The molecular formula is C20H21NO7. The number of rotatable bonds is 8. The monoisotopic (exact) mass is 387 g/mol. The summed E-state index contributed by atoms with van der Waals surface area (Å²) in [6.45, 7) is 1.33. The fourth-order valence-electron chi connectivity index (χ4n) is 2.61. The maximum Gasteiger partial charge on any atom is 0.233 e. The molecule has 0 saturated heterocycles. The van der Waals surface area contributed by atoms with Gasteiger partial charge in [-0.1, -0.05) is 0 Å². The molecule has 0 aliphatic carbocycles. The Balaban J connectivity index is 2.45. The molecule has 8 heteroatoms. The molecule has 0 aliphatic rings. The Kier molecular flexibility index (Phi) is 6.59. The van der Waals surface area contributed by atoms with Gasteiger partial charge in [0.05, 0.1) is 34.1 Å². The number of benzene rings is 2. The molecule has 0 unspecified atom stereocenters. The molecule has 0 atom stereocenters. The highest BCUT2D eigenvalue weighted by Crippen LogP contribution is 2.38. The van der Waals surface area contributed by atoms with Crippen LogP contribution in [0, 0.1) is 0 Å². The van der Waals surface area contributed by atoms with Crippen molar-refractivity contribution in [2.75, 3.05) is 33.8 Å². The van der Waals surface area contributed by atoms with Crippen LogP contribution in [0.15, 0.2) is 30.3 Å². The van der Waals surface area contributed by atoms with E-state index in [1.807, 2.05) is 0 Å². The second-order valence-electron chi connectivity index (χ2n) is 5.67. The van der Waals surface area contributed by atoms with Crippen molar-refractivity contribution in [1.82, 2.24) is 0 Å². The van der Waals surface area contributed by atoms with Gasteiger partial charge in [0.2, 0.25) is 23.2 Å². The van der Waals surface area contributed by atoms with Gasteiger partial charge in [0.25, 0.3) is 0 Å². The number of carbonyl (C=O) groups is 3. The minimum Gasteiger partial charge on any atom is -0.495 e. The smallest absolute Gasteiger partial charge is 0.233 e. The first-order valence-corrected chi connectivity index (χ1v) is 8.20. The molecule has 0 fully saturated rings. The number of Topliss-reactive ketones (excluding diaryl/α,β-unsaturated/α-hetero) is 2. The molecule has 0 heterocycles. The summed E-state index contributed by atoms with van der Waals surface area (Å²) < 4.78 is 20.8.